The van der Waals surface area contributed by atoms with Crippen molar-refractivity contribution in [1.29, 1.82) is 0 Å². The van der Waals surface area contributed by atoms with Crippen molar-refractivity contribution in [3.05, 3.63) is 64.5 Å². The van der Waals surface area contributed by atoms with Crippen molar-refractivity contribution < 1.29 is 14.6 Å². The molecular formula is C33H45N5O3. The first kappa shape index (κ1) is 29.3. The zero-order valence-electron chi connectivity index (χ0n) is 25.7. The SMILES string of the molecule is Cc1nc(C)c([C@H](OC(C)(C)C)C(=O)O)c(N2CCC(C)(C)CC2)c1-c1ccc2c(c1)CCN(Cc1cnc[nH]1)C2. The number of ether oxygens (including phenoxy) is 1. The van der Waals surface area contributed by atoms with Gasteiger partial charge in [-0.1, -0.05) is 32.0 Å². The number of hydrogen-bond acceptors (Lipinski definition) is 6. The Labute approximate surface area is 244 Å². The zero-order chi connectivity index (χ0) is 29.5. The van der Waals surface area contributed by atoms with Crippen LogP contribution in [0.5, 0.6) is 0 Å². The first-order valence-electron chi connectivity index (χ1n) is 14.8. The quantitative estimate of drug-likeness (QED) is 0.355. The van der Waals surface area contributed by atoms with E-state index in [4.69, 9.17) is 9.72 Å². The van der Waals surface area contributed by atoms with E-state index in [0.29, 0.717) is 5.56 Å². The van der Waals surface area contributed by atoms with E-state index in [9.17, 15) is 9.90 Å². The second-order valence-corrected chi connectivity index (χ2v) is 13.5. The number of imidazole rings is 1. The van der Waals surface area contributed by atoms with Gasteiger partial charge in [0.2, 0.25) is 0 Å². The van der Waals surface area contributed by atoms with Crippen LogP contribution in [0.3, 0.4) is 0 Å². The number of H-pyrrole nitrogens is 1. The van der Waals surface area contributed by atoms with E-state index in [0.717, 1.165) is 85.9 Å². The fourth-order valence-corrected chi connectivity index (χ4v) is 6.27. The van der Waals surface area contributed by atoms with Gasteiger partial charge in [0.1, 0.15) is 0 Å². The molecular weight excluding hydrogens is 514 g/mol. The van der Waals surface area contributed by atoms with Gasteiger partial charge in [-0.2, -0.15) is 0 Å². The average molecular weight is 560 g/mol. The van der Waals surface area contributed by atoms with Gasteiger partial charge in [0.15, 0.2) is 6.10 Å². The largest absolute Gasteiger partial charge is 0.479 e. The van der Waals surface area contributed by atoms with E-state index in [1.165, 1.54) is 11.1 Å². The third kappa shape index (κ3) is 6.49. The summed E-state index contributed by atoms with van der Waals surface area (Å²) in [6.07, 6.45) is 5.55. The van der Waals surface area contributed by atoms with Gasteiger partial charge in [0, 0.05) is 67.1 Å². The van der Waals surface area contributed by atoms with Gasteiger partial charge in [-0.3, -0.25) is 9.88 Å². The Morgan fingerprint density at radius 1 is 1.12 bits per heavy atom. The second kappa shape index (κ2) is 11.2. The van der Waals surface area contributed by atoms with Crippen molar-refractivity contribution in [2.24, 2.45) is 5.41 Å². The number of rotatable bonds is 7. The lowest BCUT2D eigenvalue weighted by Crippen LogP contribution is -2.39. The van der Waals surface area contributed by atoms with Crippen LogP contribution in [0.2, 0.25) is 0 Å². The van der Waals surface area contributed by atoms with Crippen LogP contribution in [0.25, 0.3) is 11.1 Å². The Hall–Kier alpha value is -3.23. The molecule has 2 N–H and O–H groups in total. The molecule has 0 aliphatic carbocycles. The Bertz CT molecular complexity index is 1400. The van der Waals surface area contributed by atoms with Gasteiger partial charge in [-0.15, -0.1) is 0 Å². The molecule has 1 fully saturated rings. The van der Waals surface area contributed by atoms with Crippen molar-refractivity contribution in [1.82, 2.24) is 19.9 Å². The first-order valence-corrected chi connectivity index (χ1v) is 14.8. The maximum Gasteiger partial charge on any atom is 0.337 e. The second-order valence-electron chi connectivity index (χ2n) is 13.5. The van der Waals surface area contributed by atoms with Crippen LogP contribution in [0.1, 0.15) is 87.3 Å². The molecule has 0 bridgehead atoms. The topological polar surface area (TPSA) is 94.6 Å². The maximum atomic E-state index is 12.8. The van der Waals surface area contributed by atoms with Gasteiger partial charge in [-0.05, 0) is 76.0 Å². The first-order chi connectivity index (χ1) is 19.3. The fraction of sp³-hybridized carbons (Fsp3) is 0.545. The van der Waals surface area contributed by atoms with Gasteiger partial charge in [0.25, 0.3) is 0 Å². The minimum Gasteiger partial charge on any atom is -0.479 e. The molecule has 4 heterocycles. The number of anilines is 1. The van der Waals surface area contributed by atoms with E-state index in [-0.39, 0.29) is 5.41 Å². The number of nitrogens with one attached hydrogen (secondary N) is 1. The molecule has 1 saturated heterocycles. The van der Waals surface area contributed by atoms with Crippen LogP contribution < -0.4 is 4.90 Å². The molecule has 0 unspecified atom stereocenters. The summed E-state index contributed by atoms with van der Waals surface area (Å²) in [6.45, 7) is 18.8. The summed E-state index contributed by atoms with van der Waals surface area (Å²) < 4.78 is 6.24. The predicted molar refractivity (Wildman–Crippen MR) is 162 cm³/mol. The lowest BCUT2D eigenvalue weighted by molar-refractivity contribution is -0.160. The molecule has 8 heteroatoms. The molecule has 1 atom stereocenters. The molecule has 0 saturated carbocycles. The Balaban J connectivity index is 1.60. The molecule has 2 aliphatic rings. The van der Waals surface area contributed by atoms with Crippen LogP contribution in [0.4, 0.5) is 5.69 Å². The number of pyridine rings is 1. The highest BCUT2D eigenvalue weighted by Gasteiger charge is 2.36. The number of hydrogen-bond donors (Lipinski definition) is 2. The molecule has 0 radical (unpaired) electrons. The van der Waals surface area contributed by atoms with Crippen molar-refractivity contribution in [2.75, 3.05) is 24.5 Å². The van der Waals surface area contributed by atoms with Crippen LogP contribution in [0.15, 0.2) is 30.7 Å². The molecule has 3 aromatic rings. The molecule has 8 nitrogen and oxygen atoms in total. The molecule has 1 aromatic carbocycles. The predicted octanol–water partition coefficient (Wildman–Crippen LogP) is 6.21. The maximum absolute atomic E-state index is 12.8. The molecule has 2 aromatic heterocycles. The van der Waals surface area contributed by atoms with E-state index in [1.807, 2.05) is 33.9 Å². The number of carbonyl (C=O) groups is 1. The van der Waals surface area contributed by atoms with Crippen molar-refractivity contribution in [2.45, 2.75) is 92.5 Å². The monoisotopic (exact) mass is 559 g/mol. The summed E-state index contributed by atoms with van der Waals surface area (Å²) in [7, 11) is 0. The molecule has 41 heavy (non-hydrogen) atoms. The number of piperidine rings is 1. The van der Waals surface area contributed by atoms with Gasteiger partial charge < -0.3 is 19.7 Å². The number of benzene rings is 1. The number of nitrogens with zero attached hydrogens (tertiary/aromatic N) is 4. The smallest absolute Gasteiger partial charge is 0.337 e. The number of aryl methyl sites for hydroxylation is 2. The summed E-state index contributed by atoms with van der Waals surface area (Å²) in [5.74, 6) is -0.985. The Kier molecular flexibility index (Phi) is 8.01. The van der Waals surface area contributed by atoms with E-state index in [2.05, 4.69) is 58.7 Å². The summed E-state index contributed by atoms with van der Waals surface area (Å²) in [6, 6.07) is 6.75. The third-order valence-electron chi connectivity index (χ3n) is 8.51. The fourth-order valence-electron chi connectivity index (χ4n) is 6.27. The van der Waals surface area contributed by atoms with E-state index >= 15 is 0 Å². The summed E-state index contributed by atoms with van der Waals surface area (Å²) in [4.78, 5) is 29.9. The van der Waals surface area contributed by atoms with Gasteiger partial charge in [-0.25, -0.2) is 9.78 Å². The van der Waals surface area contributed by atoms with Crippen LogP contribution >= 0.6 is 0 Å². The number of fused-ring (bicyclic) bond motifs is 1. The number of carboxylic acids is 1. The molecule has 2 aliphatic heterocycles. The Morgan fingerprint density at radius 2 is 1.85 bits per heavy atom. The molecule has 5 rings (SSSR count). The number of carboxylic acid groups (broad SMARTS) is 1. The Morgan fingerprint density at radius 3 is 2.49 bits per heavy atom. The number of aromatic amines is 1. The van der Waals surface area contributed by atoms with Crippen LogP contribution in [0, 0.1) is 19.3 Å². The lowest BCUT2D eigenvalue weighted by atomic mass is 9.81. The highest BCUT2D eigenvalue weighted by atomic mass is 16.5. The van der Waals surface area contributed by atoms with Crippen LogP contribution in [-0.4, -0.2) is 56.2 Å². The third-order valence-corrected chi connectivity index (χ3v) is 8.51. The average Bonchev–Trinajstić information content (AvgIpc) is 3.39. The summed E-state index contributed by atoms with van der Waals surface area (Å²) in [5.41, 5.74) is 8.83. The minimum atomic E-state index is -1.11. The highest BCUT2D eigenvalue weighted by molar-refractivity contribution is 5.88. The normalized spacial score (nSPS) is 18.3. The van der Waals surface area contributed by atoms with Crippen molar-refractivity contribution in [3.8, 4) is 11.1 Å². The lowest BCUT2D eigenvalue weighted by Gasteiger charge is -2.41. The van der Waals surface area contributed by atoms with Crippen molar-refractivity contribution in [3.63, 3.8) is 0 Å². The summed E-state index contributed by atoms with van der Waals surface area (Å²) in [5, 5.41) is 10.4. The van der Waals surface area contributed by atoms with Gasteiger partial charge >= 0.3 is 5.97 Å². The highest BCUT2D eigenvalue weighted by Crippen LogP contribution is 2.45. The number of aromatic nitrogens is 3. The standard InChI is InChI=1S/C33H45N5O3/c1-21-27(24-8-9-25-18-37(13-10-23(25)16-24)19-26-17-34-20-35-26)29(38-14-11-33(6,7)12-15-38)28(22(2)36-21)30(31(39)40)41-32(3,4)5/h8-9,16-17,20,30H,10-15,18-19H2,1-7H3,(H,34,35)(H,39,40)/t30-/m0/s1. The van der Waals surface area contributed by atoms with Gasteiger partial charge in [0.05, 0.1) is 17.6 Å². The number of aliphatic carboxylic acids is 1. The van der Waals surface area contributed by atoms with E-state index < -0.39 is 17.7 Å². The van der Waals surface area contributed by atoms with Crippen LogP contribution in [-0.2, 0) is 29.0 Å². The molecule has 220 valence electrons. The zero-order valence-corrected chi connectivity index (χ0v) is 25.7. The van der Waals surface area contributed by atoms with E-state index in [1.54, 1.807) is 6.33 Å². The summed E-state index contributed by atoms with van der Waals surface area (Å²) >= 11 is 0. The minimum absolute atomic E-state index is 0.260. The molecule has 0 spiro atoms. The van der Waals surface area contributed by atoms with Crippen molar-refractivity contribution >= 4 is 11.7 Å². The molecule has 0 amide bonds.